The van der Waals surface area contributed by atoms with E-state index in [4.69, 9.17) is 28.7 Å². The van der Waals surface area contributed by atoms with Crippen LogP contribution >= 0.6 is 23.2 Å². The van der Waals surface area contributed by atoms with Gasteiger partial charge in [-0.3, -0.25) is 0 Å². The minimum absolute atomic E-state index is 0.277. The summed E-state index contributed by atoms with van der Waals surface area (Å²) >= 11 is 11.5. The number of aromatic nitrogens is 1. The smallest absolute Gasteiger partial charge is 0.136 e. The summed E-state index contributed by atoms with van der Waals surface area (Å²) in [6.45, 7) is 0.277. The van der Waals surface area contributed by atoms with Crippen LogP contribution in [0.15, 0.2) is 23.5 Å². The number of azide groups is 1. The molecule has 6 heteroatoms. The molecule has 0 amide bonds. The van der Waals surface area contributed by atoms with Crippen molar-refractivity contribution in [2.24, 2.45) is 5.11 Å². The molecule has 0 radical (unpaired) electrons. The van der Waals surface area contributed by atoms with E-state index in [-0.39, 0.29) is 6.54 Å². The van der Waals surface area contributed by atoms with Crippen molar-refractivity contribution < 1.29 is 0 Å². The van der Waals surface area contributed by atoms with Crippen molar-refractivity contribution in [1.82, 2.24) is 4.98 Å². The topological polar surface area (TPSA) is 61.7 Å². The van der Waals surface area contributed by atoms with E-state index in [1.54, 1.807) is 18.2 Å². The zero-order valence-electron chi connectivity index (χ0n) is 7.06. The highest BCUT2D eigenvalue weighted by molar-refractivity contribution is 6.33. The van der Waals surface area contributed by atoms with Crippen LogP contribution in [0.4, 0.5) is 0 Å². The summed E-state index contributed by atoms with van der Waals surface area (Å²) in [5, 5.41) is 4.22. The van der Waals surface area contributed by atoms with Crippen LogP contribution < -0.4 is 0 Å². The highest BCUT2D eigenvalue weighted by atomic mass is 35.5. The van der Waals surface area contributed by atoms with E-state index in [2.05, 4.69) is 15.0 Å². The Morgan fingerprint density at radius 1 is 1.57 bits per heavy atom. The molecule has 0 aliphatic rings. The van der Waals surface area contributed by atoms with Gasteiger partial charge in [0.15, 0.2) is 0 Å². The SMILES string of the molecule is [N-]=[N+]=NCC=Cc1cc(Cl)cnc1Cl. The van der Waals surface area contributed by atoms with Gasteiger partial charge in [0.05, 0.1) is 5.02 Å². The second-order valence-corrected chi connectivity index (χ2v) is 3.14. The lowest BCUT2D eigenvalue weighted by atomic mass is 10.2. The van der Waals surface area contributed by atoms with Crippen LogP contribution in [-0.4, -0.2) is 11.5 Å². The number of rotatable bonds is 3. The van der Waals surface area contributed by atoms with E-state index >= 15 is 0 Å². The highest BCUT2D eigenvalue weighted by Gasteiger charge is 1.97. The molecular formula is C8H6Cl2N4. The quantitative estimate of drug-likeness (QED) is 0.337. The third kappa shape index (κ3) is 3.26. The van der Waals surface area contributed by atoms with Crippen LogP contribution in [0, 0.1) is 0 Å². The Kier molecular flexibility index (Phi) is 4.26. The Hall–Kier alpha value is -1.22. The van der Waals surface area contributed by atoms with Crippen LogP contribution in [0.3, 0.4) is 0 Å². The molecule has 1 aromatic heterocycles. The second-order valence-electron chi connectivity index (χ2n) is 2.35. The van der Waals surface area contributed by atoms with Gasteiger partial charge in [-0.05, 0) is 11.6 Å². The molecule has 0 spiro atoms. The zero-order chi connectivity index (χ0) is 10.4. The fraction of sp³-hybridized carbons (Fsp3) is 0.125. The van der Waals surface area contributed by atoms with E-state index in [1.807, 2.05) is 0 Å². The maximum Gasteiger partial charge on any atom is 0.136 e. The minimum Gasteiger partial charge on any atom is -0.242 e. The normalized spacial score (nSPS) is 10.1. The molecule has 0 unspecified atom stereocenters. The molecule has 0 aliphatic carbocycles. The number of halogens is 2. The lowest BCUT2D eigenvalue weighted by Crippen LogP contribution is -1.80. The molecule has 1 rings (SSSR count). The lowest BCUT2D eigenvalue weighted by Gasteiger charge is -1.96. The van der Waals surface area contributed by atoms with E-state index < -0.39 is 0 Å². The maximum atomic E-state index is 8.03. The van der Waals surface area contributed by atoms with Crippen LogP contribution in [0.25, 0.3) is 16.5 Å². The van der Waals surface area contributed by atoms with Crippen molar-refractivity contribution in [1.29, 1.82) is 0 Å². The largest absolute Gasteiger partial charge is 0.242 e. The number of pyridine rings is 1. The molecule has 14 heavy (non-hydrogen) atoms. The van der Waals surface area contributed by atoms with Gasteiger partial charge in [-0.1, -0.05) is 40.5 Å². The molecule has 0 aromatic carbocycles. The molecule has 0 N–H and O–H groups in total. The Morgan fingerprint density at radius 3 is 3.07 bits per heavy atom. The van der Waals surface area contributed by atoms with Crippen LogP contribution in [0.5, 0.6) is 0 Å². The van der Waals surface area contributed by atoms with E-state index in [0.717, 1.165) is 0 Å². The van der Waals surface area contributed by atoms with Gasteiger partial charge in [0.1, 0.15) is 5.15 Å². The van der Waals surface area contributed by atoms with Gasteiger partial charge in [0.2, 0.25) is 0 Å². The summed E-state index contributed by atoms with van der Waals surface area (Å²) in [6, 6.07) is 1.68. The Bertz CT molecular complexity index is 396. The Labute approximate surface area is 90.8 Å². The van der Waals surface area contributed by atoms with E-state index in [1.165, 1.54) is 6.20 Å². The van der Waals surface area contributed by atoms with Gasteiger partial charge >= 0.3 is 0 Å². The molecule has 4 nitrogen and oxygen atoms in total. The Morgan fingerprint density at radius 2 is 2.36 bits per heavy atom. The molecule has 0 aliphatic heterocycles. The predicted molar refractivity (Wildman–Crippen MR) is 57.3 cm³/mol. The number of nitrogens with zero attached hydrogens (tertiary/aromatic N) is 4. The fourth-order valence-corrected chi connectivity index (χ4v) is 1.15. The van der Waals surface area contributed by atoms with E-state index in [9.17, 15) is 0 Å². The fourth-order valence-electron chi connectivity index (χ4n) is 0.818. The average molecular weight is 229 g/mol. The van der Waals surface area contributed by atoms with Gasteiger partial charge in [0.25, 0.3) is 0 Å². The summed E-state index contributed by atoms with van der Waals surface area (Å²) in [7, 11) is 0. The molecule has 1 aromatic rings. The summed E-state index contributed by atoms with van der Waals surface area (Å²) in [5.74, 6) is 0. The summed E-state index contributed by atoms with van der Waals surface area (Å²) in [6.07, 6.45) is 4.85. The van der Waals surface area contributed by atoms with Crippen LogP contribution in [-0.2, 0) is 0 Å². The molecule has 0 saturated carbocycles. The third-order valence-corrected chi connectivity index (χ3v) is 1.90. The van der Waals surface area contributed by atoms with E-state index in [0.29, 0.717) is 15.7 Å². The molecule has 72 valence electrons. The van der Waals surface area contributed by atoms with Gasteiger partial charge in [-0.25, -0.2) is 4.98 Å². The standard InChI is InChI=1S/C8H6Cl2N4/c9-7-4-6(8(10)12-5-7)2-1-3-13-14-11/h1-2,4-5H,3H2. The monoisotopic (exact) mass is 228 g/mol. The average Bonchev–Trinajstić information content (AvgIpc) is 2.18. The first-order valence-corrected chi connectivity index (χ1v) is 4.48. The molecule has 0 bridgehead atoms. The zero-order valence-corrected chi connectivity index (χ0v) is 8.57. The number of hydrogen-bond donors (Lipinski definition) is 0. The highest BCUT2D eigenvalue weighted by Crippen LogP contribution is 2.18. The first-order valence-electron chi connectivity index (χ1n) is 3.72. The number of hydrogen-bond acceptors (Lipinski definition) is 2. The molecule has 0 saturated heterocycles. The van der Waals surface area contributed by atoms with Crippen molar-refractivity contribution >= 4 is 29.3 Å². The van der Waals surface area contributed by atoms with Crippen molar-refractivity contribution in [3.8, 4) is 0 Å². The molecular weight excluding hydrogens is 223 g/mol. The van der Waals surface area contributed by atoms with Gasteiger partial charge in [-0.2, -0.15) is 0 Å². The Balaban J connectivity index is 2.79. The predicted octanol–water partition coefficient (Wildman–Crippen LogP) is 3.71. The maximum absolute atomic E-state index is 8.03. The molecule has 0 fully saturated rings. The first kappa shape index (κ1) is 10.9. The van der Waals surface area contributed by atoms with Crippen molar-refractivity contribution in [2.75, 3.05) is 6.54 Å². The summed E-state index contributed by atoms with van der Waals surface area (Å²) < 4.78 is 0. The first-order chi connectivity index (χ1) is 6.74. The van der Waals surface area contributed by atoms with Crippen LogP contribution in [0.2, 0.25) is 10.2 Å². The van der Waals surface area contributed by atoms with Gasteiger partial charge in [0, 0.05) is 23.2 Å². The summed E-state index contributed by atoms with van der Waals surface area (Å²) in [5.41, 5.74) is 8.73. The molecule has 0 atom stereocenters. The van der Waals surface area contributed by atoms with Crippen molar-refractivity contribution in [2.45, 2.75) is 0 Å². The van der Waals surface area contributed by atoms with Crippen molar-refractivity contribution in [3.05, 3.63) is 44.5 Å². The van der Waals surface area contributed by atoms with Gasteiger partial charge in [-0.15, -0.1) is 0 Å². The molecule has 1 heterocycles. The van der Waals surface area contributed by atoms with Crippen molar-refractivity contribution in [3.63, 3.8) is 0 Å². The van der Waals surface area contributed by atoms with Crippen LogP contribution in [0.1, 0.15) is 5.56 Å². The lowest BCUT2D eigenvalue weighted by molar-refractivity contribution is 1.22. The van der Waals surface area contributed by atoms with Gasteiger partial charge < -0.3 is 0 Å². The minimum atomic E-state index is 0.277. The third-order valence-electron chi connectivity index (χ3n) is 1.38. The second kappa shape index (κ2) is 5.50. The summed E-state index contributed by atoms with van der Waals surface area (Å²) in [4.78, 5) is 6.46.